The smallest absolute Gasteiger partial charge is 0.0987 e. The zero-order chi connectivity index (χ0) is 19.1. The minimum absolute atomic E-state index is 0.606. The molecule has 0 spiro atoms. The van der Waals surface area contributed by atoms with Crippen molar-refractivity contribution in [3.05, 3.63) is 71.6 Å². The first-order valence-electron chi connectivity index (χ1n) is 9.86. The molecular weight excluding hydrogens is 364 g/mol. The molecule has 0 amide bonds. The maximum absolute atomic E-state index is 4.71. The van der Waals surface area contributed by atoms with E-state index in [1.165, 1.54) is 26.5 Å². The molecule has 2 aromatic heterocycles. The molecule has 28 heavy (non-hydrogen) atoms. The van der Waals surface area contributed by atoms with Gasteiger partial charge in [-0.3, -0.25) is 4.90 Å². The largest absolute Gasteiger partial charge is 0.326 e. The van der Waals surface area contributed by atoms with E-state index in [2.05, 4.69) is 70.8 Å². The quantitative estimate of drug-likeness (QED) is 0.482. The van der Waals surface area contributed by atoms with Gasteiger partial charge in [0.05, 0.1) is 27.2 Å². The lowest BCUT2D eigenvalue weighted by Crippen LogP contribution is -2.48. The first kappa shape index (κ1) is 17.6. The molecule has 4 nitrogen and oxygen atoms in total. The molecule has 142 valence electrons. The van der Waals surface area contributed by atoms with Crippen LogP contribution in [0.2, 0.25) is 0 Å². The summed E-state index contributed by atoms with van der Waals surface area (Å²) in [4.78, 5) is 12.9. The van der Waals surface area contributed by atoms with Gasteiger partial charge in [0.15, 0.2) is 0 Å². The highest BCUT2D eigenvalue weighted by molar-refractivity contribution is 7.15. The Morgan fingerprint density at radius 1 is 1.04 bits per heavy atom. The van der Waals surface area contributed by atoms with Gasteiger partial charge < -0.3 is 4.57 Å². The minimum atomic E-state index is 0.606. The number of rotatable bonds is 5. The third kappa shape index (κ3) is 3.25. The molecule has 5 heteroatoms. The monoisotopic (exact) mass is 388 g/mol. The van der Waals surface area contributed by atoms with Crippen LogP contribution in [0.15, 0.2) is 61.1 Å². The lowest BCUT2D eigenvalue weighted by Gasteiger charge is -2.41. The van der Waals surface area contributed by atoms with Gasteiger partial charge in [0.1, 0.15) is 0 Å². The molecule has 3 heterocycles. The van der Waals surface area contributed by atoms with Crippen molar-refractivity contribution < 1.29 is 0 Å². The Balaban J connectivity index is 1.29. The van der Waals surface area contributed by atoms with Crippen molar-refractivity contribution in [3.8, 4) is 10.4 Å². The number of aromatic nitrogens is 3. The fraction of sp³-hybridized carbons (Fsp3) is 0.304. The summed E-state index contributed by atoms with van der Waals surface area (Å²) in [5, 5.41) is 1.28. The molecule has 1 saturated heterocycles. The summed E-state index contributed by atoms with van der Waals surface area (Å²) >= 11 is 1.84. The highest BCUT2D eigenvalue weighted by Gasteiger charge is 2.31. The predicted molar refractivity (Wildman–Crippen MR) is 116 cm³/mol. The van der Waals surface area contributed by atoms with E-state index in [0.29, 0.717) is 12.0 Å². The number of para-hydroxylation sites is 2. The molecule has 0 unspecified atom stereocenters. The third-order valence-corrected chi connectivity index (χ3v) is 6.84. The van der Waals surface area contributed by atoms with E-state index in [9.17, 15) is 0 Å². The molecule has 2 aromatic carbocycles. The average Bonchev–Trinajstić information content (AvgIpc) is 3.29. The van der Waals surface area contributed by atoms with Crippen LogP contribution in [0.3, 0.4) is 0 Å². The van der Waals surface area contributed by atoms with Gasteiger partial charge in [0.2, 0.25) is 0 Å². The van der Waals surface area contributed by atoms with E-state index in [-0.39, 0.29) is 0 Å². The molecular formula is C23H24N4S. The van der Waals surface area contributed by atoms with Crippen LogP contribution in [0.4, 0.5) is 0 Å². The summed E-state index contributed by atoms with van der Waals surface area (Å²) in [6.07, 6.45) is 3.96. The van der Waals surface area contributed by atoms with Crippen LogP contribution < -0.4 is 0 Å². The molecule has 0 N–H and O–H groups in total. The molecule has 5 rings (SSSR count). The Morgan fingerprint density at radius 3 is 2.61 bits per heavy atom. The second-order valence-electron chi connectivity index (χ2n) is 7.87. The van der Waals surface area contributed by atoms with Crippen molar-refractivity contribution in [1.29, 1.82) is 0 Å². The highest BCUT2D eigenvalue weighted by atomic mass is 32.1. The molecule has 0 atom stereocenters. The van der Waals surface area contributed by atoms with E-state index in [1.54, 1.807) is 0 Å². The molecule has 0 aliphatic carbocycles. The molecule has 1 fully saturated rings. The number of likely N-dealkylation sites (tertiary alicyclic amines) is 1. The summed E-state index contributed by atoms with van der Waals surface area (Å²) in [5.74, 6) is 0.606. The lowest BCUT2D eigenvalue weighted by molar-refractivity contribution is 0.110. The Bertz CT molecular complexity index is 1090. The van der Waals surface area contributed by atoms with Crippen molar-refractivity contribution in [2.24, 2.45) is 0 Å². The van der Waals surface area contributed by atoms with Gasteiger partial charge in [-0.05, 0) is 37.1 Å². The first-order valence-corrected chi connectivity index (χ1v) is 10.7. The van der Waals surface area contributed by atoms with Gasteiger partial charge in [-0.25, -0.2) is 9.97 Å². The number of thiazole rings is 1. The zero-order valence-electron chi connectivity index (χ0n) is 16.2. The SMILES string of the molecule is CC(C)N1CC(c2ncc(-c3ccc(Cn4cnc5ccccc54)cc3)s2)C1. The van der Waals surface area contributed by atoms with Crippen molar-refractivity contribution in [2.45, 2.75) is 32.4 Å². The molecule has 1 aliphatic heterocycles. The number of imidazole rings is 1. The maximum atomic E-state index is 4.71. The second kappa shape index (κ2) is 7.15. The molecule has 1 aliphatic rings. The number of benzene rings is 2. The van der Waals surface area contributed by atoms with Crippen LogP contribution in [0, 0.1) is 0 Å². The Morgan fingerprint density at radius 2 is 1.82 bits per heavy atom. The average molecular weight is 389 g/mol. The van der Waals surface area contributed by atoms with Crippen molar-refractivity contribution in [2.75, 3.05) is 13.1 Å². The highest BCUT2D eigenvalue weighted by Crippen LogP contribution is 2.35. The van der Waals surface area contributed by atoms with Crippen molar-refractivity contribution in [3.63, 3.8) is 0 Å². The van der Waals surface area contributed by atoms with Crippen LogP contribution in [0.5, 0.6) is 0 Å². The van der Waals surface area contributed by atoms with Gasteiger partial charge in [-0.1, -0.05) is 36.4 Å². The number of nitrogens with zero attached hydrogens (tertiary/aromatic N) is 4. The molecule has 4 aromatic rings. The molecule has 0 bridgehead atoms. The topological polar surface area (TPSA) is 34.0 Å². The minimum Gasteiger partial charge on any atom is -0.326 e. The van der Waals surface area contributed by atoms with Crippen molar-refractivity contribution in [1.82, 2.24) is 19.4 Å². The van der Waals surface area contributed by atoms with E-state index in [0.717, 1.165) is 25.2 Å². The van der Waals surface area contributed by atoms with Gasteiger partial charge in [-0.2, -0.15) is 0 Å². The van der Waals surface area contributed by atoms with Crippen LogP contribution in [-0.2, 0) is 6.54 Å². The summed E-state index contributed by atoms with van der Waals surface area (Å²) in [7, 11) is 0. The van der Waals surface area contributed by atoms with E-state index in [4.69, 9.17) is 4.98 Å². The summed E-state index contributed by atoms with van der Waals surface area (Å²) in [6.45, 7) is 7.64. The maximum Gasteiger partial charge on any atom is 0.0987 e. The second-order valence-corrected chi connectivity index (χ2v) is 8.93. The summed E-state index contributed by atoms with van der Waals surface area (Å²) < 4.78 is 2.20. The van der Waals surface area contributed by atoms with E-state index in [1.807, 2.05) is 29.9 Å². The number of fused-ring (bicyclic) bond motifs is 1. The standard InChI is InChI=1S/C23H24N4S/c1-16(2)26-13-19(14-26)23-24-11-22(28-23)18-9-7-17(8-10-18)12-27-15-25-20-5-3-4-6-21(20)27/h3-11,15-16,19H,12-14H2,1-2H3. The van der Waals surface area contributed by atoms with Crippen LogP contribution >= 0.6 is 11.3 Å². The fourth-order valence-electron chi connectivity index (χ4n) is 3.81. The van der Waals surface area contributed by atoms with Crippen LogP contribution in [0.25, 0.3) is 21.5 Å². The fourth-order valence-corrected chi connectivity index (χ4v) is 4.81. The van der Waals surface area contributed by atoms with Crippen molar-refractivity contribution >= 4 is 22.4 Å². The summed E-state index contributed by atoms with van der Waals surface area (Å²) in [6, 6.07) is 17.8. The van der Waals surface area contributed by atoms with Gasteiger partial charge in [0.25, 0.3) is 0 Å². The van der Waals surface area contributed by atoms with Gasteiger partial charge in [0, 0.05) is 37.8 Å². The third-order valence-electron chi connectivity index (χ3n) is 5.63. The predicted octanol–water partition coefficient (Wildman–Crippen LogP) is 5.02. The zero-order valence-corrected chi connectivity index (χ0v) is 17.1. The summed E-state index contributed by atoms with van der Waals surface area (Å²) in [5.41, 5.74) is 4.75. The van der Waals surface area contributed by atoms with Gasteiger partial charge >= 0.3 is 0 Å². The Labute approximate surface area is 169 Å². The van der Waals surface area contributed by atoms with E-state index >= 15 is 0 Å². The Kier molecular flexibility index (Phi) is 4.49. The molecule has 0 saturated carbocycles. The number of hydrogen-bond acceptors (Lipinski definition) is 4. The normalized spacial score (nSPS) is 15.4. The van der Waals surface area contributed by atoms with Crippen LogP contribution in [0.1, 0.15) is 30.3 Å². The first-order chi connectivity index (χ1) is 13.7. The van der Waals surface area contributed by atoms with Crippen LogP contribution in [-0.4, -0.2) is 38.6 Å². The van der Waals surface area contributed by atoms with E-state index < -0.39 is 0 Å². The molecule has 0 radical (unpaired) electrons. The number of hydrogen-bond donors (Lipinski definition) is 0. The van der Waals surface area contributed by atoms with Gasteiger partial charge in [-0.15, -0.1) is 11.3 Å². The Hall–Kier alpha value is -2.50. The lowest BCUT2D eigenvalue weighted by atomic mass is 9.99.